The molecule has 6 nitrogen and oxygen atoms in total. The van der Waals surface area contributed by atoms with E-state index in [1.165, 1.54) is 12.8 Å². The molecule has 7 heteroatoms. The first-order chi connectivity index (χ1) is 12.2. The van der Waals surface area contributed by atoms with Gasteiger partial charge < -0.3 is 20.3 Å². The maximum atomic E-state index is 11.9. The van der Waals surface area contributed by atoms with E-state index in [1.54, 1.807) is 0 Å². The molecule has 1 amide bonds. The van der Waals surface area contributed by atoms with Crippen molar-refractivity contribution in [3.8, 4) is 0 Å². The van der Waals surface area contributed by atoms with Crippen molar-refractivity contribution in [2.24, 2.45) is 10.9 Å². The summed E-state index contributed by atoms with van der Waals surface area (Å²) in [5.41, 5.74) is 0. The van der Waals surface area contributed by atoms with Gasteiger partial charge in [-0.3, -0.25) is 9.79 Å². The third-order valence-corrected chi connectivity index (χ3v) is 4.90. The van der Waals surface area contributed by atoms with E-state index in [0.29, 0.717) is 11.9 Å². The maximum absolute atomic E-state index is 11.9. The molecule has 1 heterocycles. The molecule has 0 aromatic carbocycles. The van der Waals surface area contributed by atoms with E-state index in [4.69, 9.17) is 4.74 Å². The van der Waals surface area contributed by atoms with Crippen LogP contribution in [0.1, 0.15) is 58.8 Å². The summed E-state index contributed by atoms with van der Waals surface area (Å²) in [5.74, 6) is 2.02. The van der Waals surface area contributed by atoms with E-state index in [2.05, 4.69) is 34.4 Å². The fourth-order valence-electron chi connectivity index (χ4n) is 3.23. The van der Waals surface area contributed by atoms with Crippen molar-refractivity contribution >= 4 is 35.8 Å². The number of ether oxygens (including phenoxy) is 1. The van der Waals surface area contributed by atoms with Gasteiger partial charge in [-0.25, -0.2) is 0 Å². The van der Waals surface area contributed by atoms with Crippen LogP contribution in [0, 0.1) is 5.92 Å². The Labute approximate surface area is 175 Å². The molecule has 152 valence electrons. The molecule has 1 saturated carbocycles. The zero-order valence-electron chi connectivity index (χ0n) is 16.5. The normalized spacial score (nSPS) is 18.6. The van der Waals surface area contributed by atoms with Gasteiger partial charge in [0.2, 0.25) is 5.91 Å². The molecular formula is C19H37IN4O2. The molecule has 1 atom stereocenters. The van der Waals surface area contributed by atoms with Crippen LogP contribution in [0.4, 0.5) is 0 Å². The van der Waals surface area contributed by atoms with Crippen molar-refractivity contribution < 1.29 is 9.53 Å². The standard InChI is InChI=1S/C19H36N4O2.HI/c1-3-17(23-13-5-7-18(23)24)10-12-22-19(20-4-2)21-11-6-14-25-15-16-8-9-16;/h16-17H,3-15H2,1-2H3,(H2,20,21,22);1H. The number of nitrogens with zero attached hydrogens (tertiary/aromatic N) is 2. The molecule has 1 aliphatic carbocycles. The first kappa shape index (κ1) is 23.5. The van der Waals surface area contributed by atoms with Gasteiger partial charge in [-0.05, 0) is 51.4 Å². The molecule has 1 unspecified atom stereocenters. The van der Waals surface area contributed by atoms with Crippen LogP contribution in [0.25, 0.3) is 0 Å². The van der Waals surface area contributed by atoms with E-state index >= 15 is 0 Å². The van der Waals surface area contributed by atoms with E-state index < -0.39 is 0 Å². The Kier molecular flexibility index (Phi) is 12.3. The zero-order chi connectivity index (χ0) is 17.9. The van der Waals surface area contributed by atoms with Gasteiger partial charge in [0.1, 0.15) is 0 Å². The quantitative estimate of drug-likeness (QED) is 0.195. The van der Waals surface area contributed by atoms with Gasteiger partial charge in [-0.1, -0.05) is 6.92 Å². The molecule has 0 radical (unpaired) electrons. The fraction of sp³-hybridized carbons (Fsp3) is 0.895. The number of amides is 1. The number of halogens is 1. The molecule has 1 saturated heterocycles. The molecule has 2 aliphatic rings. The third-order valence-electron chi connectivity index (χ3n) is 4.90. The number of aliphatic imine (C=N–C) groups is 1. The number of hydrogen-bond acceptors (Lipinski definition) is 3. The zero-order valence-corrected chi connectivity index (χ0v) is 18.8. The Morgan fingerprint density at radius 2 is 2.15 bits per heavy atom. The molecule has 0 aromatic heterocycles. The Balaban J connectivity index is 0.00000338. The molecule has 0 aromatic rings. The molecule has 2 rings (SSSR count). The number of hydrogen-bond donors (Lipinski definition) is 2. The summed E-state index contributed by atoms with van der Waals surface area (Å²) in [5, 5.41) is 6.69. The highest BCUT2D eigenvalue weighted by Gasteiger charge is 2.26. The maximum Gasteiger partial charge on any atom is 0.222 e. The second kappa shape index (κ2) is 13.6. The van der Waals surface area contributed by atoms with Gasteiger partial charge >= 0.3 is 0 Å². The van der Waals surface area contributed by atoms with Crippen LogP contribution in [-0.4, -0.2) is 62.2 Å². The van der Waals surface area contributed by atoms with E-state index in [-0.39, 0.29) is 24.0 Å². The van der Waals surface area contributed by atoms with Crippen LogP contribution < -0.4 is 10.6 Å². The van der Waals surface area contributed by atoms with E-state index in [9.17, 15) is 4.79 Å². The summed E-state index contributed by atoms with van der Waals surface area (Å²) in [7, 11) is 0. The highest BCUT2D eigenvalue weighted by Crippen LogP contribution is 2.28. The number of carbonyl (C=O) groups excluding carboxylic acids is 1. The molecule has 1 aliphatic heterocycles. The fourth-order valence-corrected chi connectivity index (χ4v) is 3.23. The predicted octanol–water partition coefficient (Wildman–Crippen LogP) is 2.77. The van der Waals surface area contributed by atoms with Crippen molar-refractivity contribution in [3.63, 3.8) is 0 Å². The highest BCUT2D eigenvalue weighted by molar-refractivity contribution is 14.0. The molecule has 0 bridgehead atoms. The Bertz CT molecular complexity index is 430. The number of nitrogens with one attached hydrogen (secondary N) is 2. The Morgan fingerprint density at radius 1 is 1.35 bits per heavy atom. The van der Waals surface area contributed by atoms with E-state index in [1.807, 2.05) is 0 Å². The summed E-state index contributed by atoms with van der Waals surface area (Å²) in [6.07, 6.45) is 7.36. The number of likely N-dealkylation sites (tertiary alicyclic amines) is 1. The minimum atomic E-state index is 0. The SMILES string of the molecule is CCNC(=NCCCOCC1CC1)NCCC(CC)N1CCCC1=O.I. The largest absolute Gasteiger partial charge is 0.381 e. The third kappa shape index (κ3) is 8.88. The molecule has 2 N–H and O–H groups in total. The second-order valence-corrected chi connectivity index (χ2v) is 7.10. The van der Waals surface area contributed by atoms with Gasteiger partial charge in [0, 0.05) is 51.9 Å². The molecular weight excluding hydrogens is 443 g/mol. The van der Waals surface area contributed by atoms with Crippen molar-refractivity contribution in [1.82, 2.24) is 15.5 Å². The average molecular weight is 480 g/mol. The average Bonchev–Trinajstić information content (AvgIpc) is 3.34. The summed E-state index contributed by atoms with van der Waals surface area (Å²) in [6.45, 7) is 9.36. The van der Waals surface area contributed by atoms with Crippen molar-refractivity contribution in [1.29, 1.82) is 0 Å². The first-order valence-corrected chi connectivity index (χ1v) is 10.1. The lowest BCUT2D eigenvalue weighted by Gasteiger charge is -2.27. The van der Waals surface area contributed by atoms with Crippen molar-refractivity contribution in [2.75, 3.05) is 39.4 Å². The van der Waals surface area contributed by atoms with Gasteiger partial charge in [-0.15, -0.1) is 24.0 Å². The van der Waals surface area contributed by atoms with Crippen LogP contribution in [0.5, 0.6) is 0 Å². The Hall–Kier alpha value is -0.570. The number of guanidine groups is 1. The van der Waals surface area contributed by atoms with Crippen molar-refractivity contribution in [2.45, 2.75) is 64.8 Å². The lowest BCUT2D eigenvalue weighted by molar-refractivity contribution is -0.129. The van der Waals surface area contributed by atoms with Gasteiger partial charge in [0.15, 0.2) is 5.96 Å². The number of rotatable bonds is 12. The smallest absolute Gasteiger partial charge is 0.222 e. The molecule has 2 fully saturated rings. The second-order valence-electron chi connectivity index (χ2n) is 7.10. The van der Waals surface area contributed by atoms with Crippen LogP contribution in [0.3, 0.4) is 0 Å². The lowest BCUT2D eigenvalue weighted by atomic mass is 10.1. The van der Waals surface area contributed by atoms with E-state index in [0.717, 1.165) is 83.4 Å². The summed E-state index contributed by atoms with van der Waals surface area (Å²) in [6, 6.07) is 0.348. The lowest BCUT2D eigenvalue weighted by Crippen LogP contribution is -2.42. The predicted molar refractivity (Wildman–Crippen MR) is 117 cm³/mol. The van der Waals surface area contributed by atoms with Gasteiger partial charge in [0.05, 0.1) is 0 Å². The summed E-state index contributed by atoms with van der Waals surface area (Å²) < 4.78 is 5.65. The molecule has 26 heavy (non-hydrogen) atoms. The van der Waals surface area contributed by atoms with Crippen molar-refractivity contribution in [3.05, 3.63) is 0 Å². The topological polar surface area (TPSA) is 66.0 Å². The van der Waals surface area contributed by atoms with Crippen LogP contribution in [-0.2, 0) is 9.53 Å². The molecule has 0 spiro atoms. The summed E-state index contributed by atoms with van der Waals surface area (Å²) in [4.78, 5) is 18.6. The van der Waals surface area contributed by atoms with Crippen LogP contribution in [0.2, 0.25) is 0 Å². The van der Waals surface area contributed by atoms with Crippen LogP contribution in [0.15, 0.2) is 4.99 Å². The Morgan fingerprint density at radius 3 is 2.77 bits per heavy atom. The monoisotopic (exact) mass is 480 g/mol. The number of carbonyl (C=O) groups is 1. The highest BCUT2D eigenvalue weighted by atomic mass is 127. The van der Waals surface area contributed by atoms with Crippen LogP contribution >= 0.6 is 24.0 Å². The minimum absolute atomic E-state index is 0. The summed E-state index contributed by atoms with van der Waals surface area (Å²) >= 11 is 0. The van der Waals surface area contributed by atoms with Gasteiger partial charge in [0.25, 0.3) is 0 Å². The minimum Gasteiger partial charge on any atom is -0.381 e. The van der Waals surface area contributed by atoms with Gasteiger partial charge in [-0.2, -0.15) is 0 Å². The first-order valence-electron chi connectivity index (χ1n) is 10.1.